The minimum Gasteiger partial charge on any atom is -0.347 e. The van der Waals surface area contributed by atoms with Gasteiger partial charge in [0, 0.05) is 31.4 Å². The van der Waals surface area contributed by atoms with Gasteiger partial charge in [-0.25, -0.2) is 4.98 Å². The fraction of sp³-hybridized carbons (Fsp3) is 0.500. The maximum atomic E-state index is 11.7. The third-order valence-electron chi connectivity index (χ3n) is 4.15. The number of piperazine rings is 1. The molecule has 104 valence electrons. The fourth-order valence-corrected chi connectivity index (χ4v) is 3.21. The van der Waals surface area contributed by atoms with Crippen molar-refractivity contribution in [3.63, 3.8) is 0 Å². The van der Waals surface area contributed by atoms with Crippen LogP contribution in [0.4, 0.5) is 5.82 Å². The summed E-state index contributed by atoms with van der Waals surface area (Å²) in [6.45, 7) is 1.51. The fourth-order valence-electron chi connectivity index (χ4n) is 3.21. The molecule has 2 aliphatic rings. The molecule has 2 atom stereocenters. The van der Waals surface area contributed by atoms with Crippen molar-refractivity contribution in [1.82, 2.24) is 9.88 Å². The first kappa shape index (κ1) is 12.9. The second-order valence-electron chi connectivity index (χ2n) is 5.31. The van der Waals surface area contributed by atoms with Crippen LogP contribution in [0.25, 0.3) is 0 Å². The van der Waals surface area contributed by atoms with Gasteiger partial charge in [0.15, 0.2) is 0 Å². The Balaban J connectivity index is 1.80. The van der Waals surface area contributed by atoms with Crippen LogP contribution in [0.1, 0.15) is 18.4 Å². The number of nitrogens with two attached hydrogens (primary N) is 1. The standard InChI is InChI=1S/C14H17N5O/c15-5-10-1-4-13(17-7-10)19-11-2-3-12(19)9-18(8-11)14(20)6-16/h1,4,7,11-12H,2-3,6,8-9,16H2/t11-,12?/m0/s1. The Bertz CT molecular complexity index is 536. The number of carbonyl (C=O) groups is 1. The molecule has 1 amide bonds. The average molecular weight is 271 g/mol. The molecule has 2 fully saturated rings. The summed E-state index contributed by atoms with van der Waals surface area (Å²) >= 11 is 0. The van der Waals surface area contributed by atoms with Crippen molar-refractivity contribution in [1.29, 1.82) is 5.26 Å². The van der Waals surface area contributed by atoms with Crippen LogP contribution in [0.5, 0.6) is 0 Å². The molecule has 3 heterocycles. The second-order valence-corrected chi connectivity index (χ2v) is 5.31. The van der Waals surface area contributed by atoms with E-state index in [1.807, 2.05) is 11.0 Å². The van der Waals surface area contributed by atoms with Crippen molar-refractivity contribution >= 4 is 11.7 Å². The molecule has 1 aromatic heterocycles. The molecule has 1 unspecified atom stereocenters. The topological polar surface area (TPSA) is 86.2 Å². The van der Waals surface area contributed by atoms with E-state index in [2.05, 4.69) is 16.0 Å². The van der Waals surface area contributed by atoms with Gasteiger partial charge in [0.25, 0.3) is 0 Å². The van der Waals surface area contributed by atoms with Crippen molar-refractivity contribution in [2.45, 2.75) is 24.9 Å². The number of likely N-dealkylation sites (tertiary alicyclic amines) is 1. The number of fused-ring (bicyclic) bond motifs is 2. The number of hydrogen-bond donors (Lipinski definition) is 1. The summed E-state index contributed by atoms with van der Waals surface area (Å²) in [5.74, 6) is 0.922. The highest BCUT2D eigenvalue weighted by Crippen LogP contribution is 2.33. The molecule has 2 saturated heterocycles. The molecular weight excluding hydrogens is 254 g/mol. The molecule has 6 nitrogen and oxygen atoms in total. The van der Waals surface area contributed by atoms with E-state index < -0.39 is 0 Å². The van der Waals surface area contributed by atoms with Gasteiger partial charge >= 0.3 is 0 Å². The molecule has 0 spiro atoms. The third-order valence-corrected chi connectivity index (χ3v) is 4.15. The van der Waals surface area contributed by atoms with Gasteiger partial charge in [-0.15, -0.1) is 0 Å². The van der Waals surface area contributed by atoms with E-state index in [0.717, 1.165) is 18.7 Å². The van der Waals surface area contributed by atoms with Crippen LogP contribution in [-0.4, -0.2) is 47.5 Å². The van der Waals surface area contributed by atoms with E-state index in [9.17, 15) is 4.79 Å². The SMILES string of the molecule is N#Cc1ccc(N2C3CC[C@H]2CN(C(=O)CN)C3)nc1. The lowest BCUT2D eigenvalue weighted by Gasteiger charge is -2.41. The Labute approximate surface area is 117 Å². The van der Waals surface area contributed by atoms with Gasteiger partial charge in [-0.05, 0) is 25.0 Å². The van der Waals surface area contributed by atoms with Gasteiger partial charge in [0.05, 0.1) is 12.1 Å². The van der Waals surface area contributed by atoms with E-state index in [1.165, 1.54) is 0 Å². The summed E-state index contributed by atoms with van der Waals surface area (Å²) in [6, 6.07) is 6.38. The van der Waals surface area contributed by atoms with E-state index in [1.54, 1.807) is 12.3 Å². The predicted octanol–water partition coefficient (Wildman–Crippen LogP) is 0.0916. The van der Waals surface area contributed by atoms with Crippen molar-refractivity contribution in [3.8, 4) is 6.07 Å². The highest BCUT2D eigenvalue weighted by molar-refractivity contribution is 5.78. The number of amides is 1. The quantitative estimate of drug-likeness (QED) is 0.824. The van der Waals surface area contributed by atoms with Crippen LogP contribution in [0, 0.1) is 11.3 Å². The molecule has 0 saturated carbocycles. The molecular formula is C14H17N5O. The molecule has 20 heavy (non-hydrogen) atoms. The summed E-state index contributed by atoms with van der Waals surface area (Å²) in [5, 5.41) is 8.82. The highest BCUT2D eigenvalue weighted by atomic mass is 16.2. The smallest absolute Gasteiger partial charge is 0.236 e. The molecule has 0 radical (unpaired) electrons. The maximum Gasteiger partial charge on any atom is 0.236 e. The predicted molar refractivity (Wildman–Crippen MR) is 73.9 cm³/mol. The van der Waals surface area contributed by atoms with Crippen LogP contribution in [-0.2, 0) is 4.79 Å². The summed E-state index contributed by atoms with van der Waals surface area (Å²) in [6.07, 6.45) is 3.74. The minimum absolute atomic E-state index is 0.0225. The van der Waals surface area contributed by atoms with E-state index in [-0.39, 0.29) is 12.5 Å². The summed E-state index contributed by atoms with van der Waals surface area (Å²) in [7, 11) is 0. The molecule has 1 aromatic rings. The van der Waals surface area contributed by atoms with Crippen LogP contribution < -0.4 is 10.6 Å². The molecule has 2 bridgehead atoms. The average Bonchev–Trinajstić information content (AvgIpc) is 2.76. The number of pyridine rings is 1. The molecule has 6 heteroatoms. The number of aromatic nitrogens is 1. The Morgan fingerprint density at radius 1 is 1.40 bits per heavy atom. The second kappa shape index (κ2) is 5.10. The van der Waals surface area contributed by atoms with Gasteiger partial charge in [-0.2, -0.15) is 5.26 Å². The Morgan fingerprint density at radius 2 is 2.10 bits per heavy atom. The van der Waals surface area contributed by atoms with Gasteiger partial charge in [-0.3, -0.25) is 4.79 Å². The number of anilines is 1. The molecule has 3 rings (SSSR count). The number of carbonyl (C=O) groups excluding carboxylic acids is 1. The first-order valence-electron chi connectivity index (χ1n) is 6.85. The van der Waals surface area contributed by atoms with E-state index in [0.29, 0.717) is 30.7 Å². The summed E-state index contributed by atoms with van der Waals surface area (Å²) in [4.78, 5) is 20.3. The van der Waals surface area contributed by atoms with Crippen LogP contribution >= 0.6 is 0 Å². The van der Waals surface area contributed by atoms with Crippen molar-refractivity contribution in [3.05, 3.63) is 23.9 Å². The van der Waals surface area contributed by atoms with Crippen LogP contribution in [0.2, 0.25) is 0 Å². The molecule has 2 N–H and O–H groups in total. The zero-order valence-electron chi connectivity index (χ0n) is 11.2. The van der Waals surface area contributed by atoms with Crippen molar-refractivity contribution < 1.29 is 4.79 Å². The largest absolute Gasteiger partial charge is 0.347 e. The lowest BCUT2D eigenvalue weighted by atomic mass is 10.1. The van der Waals surface area contributed by atoms with Gasteiger partial charge in [0.1, 0.15) is 11.9 Å². The summed E-state index contributed by atoms with van der Waals surface area (Å²) in [5.41, 5.74) is 6.01. The number of nitriles is 1. The normalized spacial score (nSPS) is 24.6. The number of nitrogens with zero attached hydrogens (tertiary/aromatic N) is 4. The summed E-state index contributed by atoms with van der Waals surface area (Å²) < 4.78 is 0. The van der Waals surface area contributed by atoms with Crippen LogP contribution in [0.15, 0.2) is 18.3 Å². The Kier molecular flexibility index (Phi) is 3.28. The number of hydrogen-bond acceptors (Lipinski definition) is 5. The van der Waals surface area contributed by atoms with E-state index >= 15 is 0 Å². The van der Waals surface area contributed by atoms with Gasteiger partial charge in [0.2, 0.25) is 5.91 Å². The van der Waals surface area contributed by atoms with Gasteiger partial charge < -0.3 is 15.5 Å². The number of rotatable bonds is 2. The van der Waals surface area contributed by atoms with E-state index in [4.69, 9.17) is 11.0 Å². The van der Waals surface area contributed by atoms with Crippen molar-refractivity contribution in [2.24, 2.45) is 5.73 Å². The minimum atomic E-state index is 0.0225. The Morgan fingerprint density at radius 3 is 2.60 bits per heavy atom. The molecule has 2 aliphatic heterocycles. The lowest BCUT2D eigenvalue weighted by molar-refractivity contribution is -0.130. The molecule has 0 aliphatic carbocycles. The zero-order chi connectivity index (χ0) is 14.1. The highest BCUT2D eigenvalue weighted by Gasteiger charge is 2.41. The van der Waals surface area contributed by atoms with Crippen molar-refractivity contribution in [2.75, 3.05) is 24.5 Å². The monoisotopic (exact) mass is 271 g/mol. The first-order chi connectivity index (χ1) is 9.72. The Hall–Kier alpha value is -2.13. The zero-order valence-corrected chi connectivity index (χ0v) is 11.2. The van der Waals surface area contributed by atoms with Gasteiger partial charge in [-0.1, -0.05) is 0 Å². The van der Waals surface area contributed by atoms with Crippen LogP contribution in [0.3, 0.4) is 0 Å². The molecule has 0 aromatic carbocycles. The lowest BCUT2D eigenvalue weighted by Crippen LogP contribution is -2.56. The maximum absolute atomic E-state index is 11.7. The third kappa shape index (κ3) is 2.10. The first-order valence-corrected chi connectivity index (χ1v) is 6.85.